The summed E-state index contributed by atoms with van der Waals surface area (Å²) in [5.74, 6) is 4.17. The Balaban J connectivity index is 1.90. The van der Waals surface area contributed by atoms with Crippen LogP contribution in [0.2, 0.25) is 0 Å². The van der Waals surface area contributed by atoms with Gasteiger partial charge in [0.15, 0.2) is 5.82 Å². The first-order chi connectivity index (χ1) is 9.33. The van der Waals surface area contributed by atoms with Crippen LogP contribution >= 0.6 is 0 Å². The molecule has 2 rings (SSSR count). The summed E-state index contributed by atoms with van der Waals surface area (Å²) in [6.45, 7) is 7.47. The number of nitrogens with zero attached hydrogens (tertiary/aromatic N) is 4. The molecule has 1 fully saturated rings. The Hall–Kier alpha value is -1.80. The van der Waals surface area contributed by atoms with E-state index in [4.69, 9.17) is 11.2 Å². The second-order valence-corrected chi connectivity index (χ2v) is 4.43. The van der Waals surface area contributed by atoms with Crippen molar-refractivity contribution in [3.8, 4) is 18.2 Å². The summed E-state index contributed by atoms with van der Waals surface area (Å²) in [6.07, 6.45) is 9.55. The molecule has 0 atom stereocenters. The normalized spacial score (nSPS) is 16.1. The molecule has 0 saturated carbocycles. The molecule has 1 saturated heterocycles. The van der Waals surface area contributed by atoms with E-state index in [1.807, 2.05) is 6.92 Å². The van der Waals surface area contributed by atoms with Gasteiger partial charge in [-0.3, -0.25) is 9.88 Å². The fourth-order valence-electron chi connectivity index (χ4n) is 2.13. The van der Waals surface area contributed by atoms with Crippen LogP contribution in [0.1, 0.15) is 13.3 Å². The highest BCUT2D eigenvalue weighted by atomic mass is 16.5. The van der Waals surface area contributed by atoms with Gasteiger partial charge in [0.2, 0.25) is 5.88 Å². The first kappa shape index (κ1) is 13.6. The van der Waals surface area contributed by atoms with Crippen molar-refractivity contribution in [2.24, 2.45) is 0 Å². The van der Waals surface area contributed by atoms with Crippen molar-refractivity contribution in [2.75, 3.05) is 44.2 Å². The molecule has 0 radical (unpaired) electrons. The van der Waals surface area contributed by atoms with Crippen LogP contribution in [0, 0.1) is 12.3 Å². The quantitative estimate of drug-likeness (QED) is 0.739. The number of rotatable bonds is 5. The fraction of sp³-hybridized carbons (Fsp3) is 0.571. The van der Waals surface area contributed by atoms with E-state index in [2.05, 4.69) is 25.7 Å². The van der Waals surface area contributed by atoms with Crippen molar-refractivity contribution in [2.45, 2.75) is 13.3 Å². The van der Waals surface area contributed by atoms with Crippen LogP contribution < -0.4 is 9.64 Å². The Morgan fingerprint density at radius 2 is 2.11 bits per heavy atom. The number of hydrogen-bond donors (Lipinski definition) is 0. The lowest BCUT2D eigenvalue weighted by atomic mass is 10.3. The summed E-state index contributed by atoms with van der Waals surface area (Å²) in [7, 11) is 0. The minimum Gasteiger partial charge on any atom is -0.477 e. The third-order valence-electron chi connectivity index (χ3n) is 3.16. The molecule has 0 spiro atoms. The summed E-state index contributed by atoms with van der Waals surface area (Å²) in [6, 6.07) is 0. The summed E-state index contributed by atoms with van der Waals surface area (Å²) < 4.78 is 5.38. The van der Waals surface area contributed by atoms with Crippen LogP contribution in [0.5, 0.6) is 5.88 Å². The fourth-order valence-corrected chi connectivity index (χ4v) is 2.13. The Labute approximate surface area is 114 Å². The first-order valence-corrected chi connectivity index (χ1v) is 6.69. The summed E-state index contributed by atoms with van der Waals surface area (Å²) in [5, 5.41) is 0. The molecule has 5 nitrogen and oxygen atoms in total. The van der Waals surface area contributed by atoms with Gasteiger partial charge in [-0.25, -0.2) is 0 Å². The van der Waals surface area contributed by atoms with Gasteiger partial charge in [-0.1, -0.05) is 0 Å². The van der Waals surface area contributed by atoms with E-state index >= 15 is 0 Å². The average Bonchev–Trinajstić information content (AvgIpc) is 2.46. The zero-order chi connectivity index (χ0) is 13.5. The number of terminal acetylenes is 1. The second kappa shape index (κ2) is 6.95. The lowest BCUT2D eigenvalue weighted by molar-refractivity contribution is 0.262. The molecular formula is C14H20N4O. The Bertz CT molecular complexity index is 435. The molecule has 0 aromatic carbocycles. The van der Waals surface area contributed by atoms with Crippen LogP contribution in [0.3, 0.4) is 0 Å². The van der Waals surface area contributed by atoms with E-state index in [0.717, 1.165) is 45.0 Å². The molecule has 1 aliphatic heterocycles. The predicted octanol–water partition coefficient (Wildman–Crippen LogP) is 1.02. The molecule has 19 heavy (non-hydrogen) atoms. The SMILES string of the molecule is C#CCCN1CCN(c2cncc(OCC)n2)CC1. The van der Waals surface area contributed by atoms with E-state index in [-0.39, 0.29) is 0 Å². The maximum absolute atomic E-state index is 5.38. The van der Waals surface area contributed by atoms with Gasteiger partial charge in [0.25, 0.3) is 0 Å². The minimum atomic E-state index is 0.592. The van der Waals surface area contributed by atoms with Crippen molar-refractivity contribution in [1.82, 2.24) is 14.9 Å². The largest absolute Gasteiger partial charge is 0.477 e. The van der Waals surface area contributed by atoms with Crippen molar-refractivity contribution in [1.29, 1.82) is 0 Å². The van der Waals surface area contributed by atoms with Crippen LogP contribution in [0.25, 0.3) is 0 Å². The van der Waals surface area contributed by atoms with Gasteiger partial charge < -0.3 is 9.64 Å². The monoisotopic (exact) mass is 260 g/mol. The Morgan fingerprint density at radius 1 is 1.32 bits per heavy atom. The van der Waals surface area contributed by atoms with Crippen molar-refractivity contribution >= 4 is 5.82 Å². The topological polar surface area (TPSA) is 41.5 Å². The standard InChI is InChI=1S/C14H20N4O/c1-3-5-6-17-7-9-18(10-8-17)13-11-15-12-14(16-13)19-4-2/h1,11-12H,4-10H2,2H3. The Kier molecular flexibility index (Phi) is 4.99. The molecule has 1 aromatic heterocycles. The molecule has 0 bridgehead atoms. The zero-order valence-corrected chi connectivity index (χ0v) is 11.4. The molecule has 5 heteroatoms. The summed E-state index contributed by atoms with van der Waals surface area (Å²) in [5.41, 5.74) is 0. The lowest BCUT2D eigenvalue weighted by Gasteiger charge is -2.34. The number of anilines is 1. The van der Waals surface area contributed by atoms with Crippen molar-refractivity contribution in [3.63, 3.8) is 0 Å². The second-order valence-electron chi connectivity index (χ2n) is 4.43. The van der Waals surface area contributed by atoms with Crippen LogP contribution in [-0.4, -0.2) is 54.2 Å². The van der Waals surface area contributed by atoms with E-state index in [9.17, 15) is 0 Å². The number of piperazine rings is 1. The Morgan fingerprint density at radius 3 is 2.79 bits per heavy atom. The summed E-state index contributed by atoms with van der Waals surface area (Å²) >= 11 is 0. The van der Waals surface area contributed by atoms with Gasteiger partial charge in [-0.15, -0.1) is 12.3 Å². The average molecular weight is 260 g/mol. The maximum atomic E-state index is 5.38. The third kappa shape index (κ3) is 3.83. The third-order valence-corrected chi connectivity index (χ3v) is 3.16. The van der Waals surface area contributed by atoms with Crippen LogP contribution in [0.4, 0.5) is 5.82 Å². The molecular weight excluding hydrogens is 240 g/mol. The molecule has 1 aliphatic rings. The lowest BCUT2D eigenvalue weighted by Crippen LogP contribution is -2.46. The minimum absolute atomic E-state index is 0.592. The summed E-state index contributed by atoms with van der Waals surface area (Å²) in [4.78, 5) is 13.3. The number of aromatic nitrogens is 2. The smallest absolute Gasteiger partial charge is 0.234 e. The van der Waals surface area contributed by atoms with E-state index < -0.39 is 0 Å². The van der Waals surface area contributed by atoms with Gasteiger partial charge >= 0.3 is 0 Å². The number of ether oxygens (including phenoxy) is 1. The van der Waals surface area contributed by atoms with Gasteiger partial charge in [0, 0.05) is 39.1 Å². The highest BCUT2D eigenvalue weighted by Crippen LogP contribution is 2.16. The van der Waals surface area contributed by atoms with E-state index in [1.165, 1.54) is 0 Å². The molecule has 0 aliphatic carbocycles. The molecule has 0 amide bonds. The predicted molar refractivity (Wildman–Crippen MR) is 75.3 cm³/mol. The molecule has 0 unspecified atom stereocenters. The highest BCUT2D eigenvalue weighted by Gasteiger charge is 2.18. The highest BCUT2D eigenvalue weighted by molar-refractivity contribution is 5.38. The molecule has 0 N–H and O–H groups in total. The maximum Gasteiger partial charge on any atom is 0.234 e. The van der Waals surface area contributed by atoms with Gasteiger partial charge in [0.1, 0.15) is 0 Å². The van der Waals surface area contributed by atoms with Crippen molar-refractivity contribution < 1.29 is 4.74 Å². The molecule has 102 valence electrons. The number of hydrogen-bond acceptors (Lipinski definition) is 5. The van der Waals surface area contributed by atoms with Gasteiger partial charge in [-0.2, -0.15) is 4.98 Å². The van der Waals surface area contributed by atoms with Gasteiger partial charge in [0.05, 0.1) is 19.0 Å². The first-order valence-electron chi connectivity index (χ1n) is 6.69. The van der Waals surface area contributed by atoms with Crippen LogP contribution in [-0.2, 0) is 0 Å². The van der Waals surface area contributed by atoms with Gasteiger partial charge in [-0.05, 0) is 6.92 Å². The molecule has 2 heterocycles. The molecule has 1 aromatic rings. The van der Waals surface area contributed by atoms with Crippen molar-refractivity contribution in [3.05, 3.63) is 12.4 Å². The van der Waals surface area contributed by atoms with E-state index in [0.29, 0.717) is 12.5 Å². The zero-order valence-electron chi connectivity index (χ0n) is 11.4. The van der Waals surface area contributed by atoms with E-state index in [1.54, 1.807) is 12.4 Å². The van der Waals surface area contributed by atoms with Crippen LogP contribution in [0.15, 0.2) is 12.4 Å².